The maximum Gasteiger partial charge on any atom is 0.163 e. The monoisotopic (exact) mass is 318 g/mol. The van der Waals surface area contributed by atoms with Gasteiger partial charge in [-0.05, 0) is 17.4 Å². The fraction of sp³-hybridized carbons (Fsp3) is 0.316. The predicted octanol–water partition coefficient (Wildman–Crippen LogP) is 3.41. The van der Waals surface area contributed by atoms with Crippen LogP contribution in [0.5, 0.6) is 0 Å². The molecule has 5 heteroatoms. The van der Waals surface area contributed by atoms with Crippen LogP contribution in [-0.2, 0) is 4.79 Å². The topological polar surface area (TPSA) is 70.7 Å². The third-order valence-corrected chi connectivity index (χ3v) is 4.74. The van der Waals surface area contributed by atoms with Gasteiger partial charge in [0.2, 0.25) is 0 Å². The number of nitriles is 1. The van der Waals surface area contributed by atoms with Gasteiger partial charge in [0.15, 0.2) is 5.78 Å². The number of allylic oxidation sites excluding steroid dienone is 2. The average molecular weight is 318 g/mol. The molecule has 0 unspecified atom stereocenters. The molecule has 0 saturated heterocycles. The van der Waals surface area contributed by atoms with E-state index in [1.54, 1.807) is 10.9 Å². The molecular formula is C19H18N4O. The van der Waals surface area contributed by atoms with Crippen LogP contribution in [0, 0.1) is 16.7 Å². The van der Waals surface area contributed by atoms with Gasteiger partial charge in [0.25, 0.3) is 0 Å². The second-order valence-electron chi connectivity index (χ2n) is 7.23. The fourth-order valence-electron chi connectivity index (χ4n) is 3.74. The summed E-state index contributed by atoms with van der Waals surface area (Å²) >= 11 is 0. The van der Waals surface area contributed by atoms with Crippen LogP contribution < -0.4 is 5.32 Å². The Morgan fingerprint density at radius 1 is 1.29 bits per heavy atom. The zero-order valence-corrected chi connectivity index (χ0v) is 13.7. The van der Waals surface area contributed by atoms with Crippen molar-refractivity contribution in [2.75, 3.05) is 5.32 Å². The van der Waals surface area contributed by atoms with Gasteiger partial charge in [-0.2, -0.15) is 10.4 Å². The third-order valence-electron chi connectivity index (χ3n) is 4.74. The Labute approximate surface area is 140 Å². The molecule has 1 atom stereocenters. The van der Waals surface area contributed by atoms with E-state index in [9.17, 15) is 10.1 Å². The zero-order chi connectivity index (χ0) is 16.9. The van der Waals surface area contributed by atoms with Gasteiger partial charge in [-0.3, -0.25) is 4.79 Å². The van der Waals surface area contributed by atoms with Crippen LogP contribution in [-0.4, -0.2) is 15.6 Å². The second kappa shape index (κ2) is 5.07. The van der Waals surface area contributed by atoms with E-state index in [-0.39, 0.29) is 17.2 Å². The molecular weight excluding hydrogens is 300 g/mol. The molecule has 1 N–H and O–H groups in total. The van der Waals surface area contributed by atoms with Gasteiger partial charge in [0.05, 0.1) is 6.20 Å². The fourth-order valence-corrected chi connectivity index (χ4v) is 3.74. The van der Waals surface area contributed by atoms with Crippen LogP contribution in [0.4, 0.5) is 5.82 Å². The van der Waals surface area contributed by atoms with E-state index < -0.39 is 0 Å². The number of nitrogens with one attached hydrogen (secondary N) is 1. The summed E-state index contributed by atoms with van der Waals surface area (Å²) in [5, 5.41) is 17.1. The van der Waals surface area contributed by atoms with Crippen molar-refractivity contribution in [2.45, 2.75) is 32.7 Å². The van der Waals surface area contributed by atoms with Crippen molar-refractivity contribution in [2.24, 2.45) is 5.41 Å². The molecule has 24 heavy (non-hydrogen) atoms. The van der Waals surface area contributed by atoms with E-state index in [0.717, 1.165) is 23.3 Å². The molecule has 1 aliphatic carbocycles. The van der Waals surface area contributed by atoms with Crippen LogP contribution in [0.15, 0.2) is 47.8 Å². The van der Waals surface area contributed by atoms with Crippen LogP contribution in [0.1, 0.15) is 43.9 Å². The lowest BCUT2D eigenvalue weighted by Crippen LogP contribution is -2.36. The first-order chi connectivity index (χ1) is 11.5. The van der Waals surface area contributed by atoms with E-state index in [0.29, 0.717) is 17.8 Å². The molecule has 2 heterocycles. The summed E-state index contributed by atoms with van der Waals surface area (Å²) in [5.74, 6) is 0.831. The molecule has 4 rings (SSSR count). The molecule has 2 aromatic rings. The molecule has 0 saturated carbocycles. The molecule has 1 aromatic heterocycles. The molecule has 2 aliphatic rings. The number of ketones is 1. The van der Waals surface area contributed by atoms with Gasteiger partial charge in [0, 0.05) is 17.7 Å². The Morgan fingerprint density at radius 2 is 2.04 bits per heavy atom. The Hall–Kier alpha value is -2.87. The Morgan fingerprint density at radius 3 is 2.75 bits per heavy atom. The molecule has 120 valence electrons. The lowest BCUT2D eigenvalue weighted by Gasteiger charge is -2.38. The van der Waals surface area contributed by atoms with Crippen molar-refractivity contribution in [1.82, 2.24) is 9.78 Å². The summed E-state index contributed by atoms with van der Waals surface area (Å²) in [5.41, 5.74) is 3.13. The molecule has 1 aliphatic heterocycles. The van der Waals surface area contributed by atoms with Gasteiger partial charge in [0.1, 0.15) is 23.5 Å². The quantitative estimate of drug-likeness (QED) is 0.874. The number of benzene rings is 1. The van der Waals surface area contributed by atoms with Crippen molar-refractivity contribution in [3.63, 3.8) is 0 Å². The minimum atomic E-state index is -0.275. The number of aromatic nitrogens is 2. The summed E-state index contributed by atoms with van der Waals surface area (Å²) in [6.45, 7) is 4.20. The maximum absolute atomic E-state index is 12.9. The van der Waals surface area contributed by atoms with Crippen LogP contribution in [0.25, 0.3) is 0 Å². The van der Waals surface area contributed by atoms with Gasteiger partial charge in [-0.25, -0.2) is 4.68 Å². The number of carbonyl (C=O) groups is 1. The van der Waals surface area contributed by atoms with Gasteiger partial charge in [-0.1, -0.05) is 44.2 Å². The normalized spacial score (nSPS) is 21.5. The van der Waals surface area contributed by atoms with Crippen molar-refractivity contribution >= 4 is 11.6 Å². The SMILES string of the molecule is CC1(C)CC(=O)C2=C(C1)Nc1c(C#N)cnn1[C@H]2c1ccccc1. The molecule has 0 amide bonds. The third kappa shape index (κ3) is 2.15. The maximum atomic E-state index is 12.9. The van der Waals surface area contributed by atoms with E-state index in [1.165, 1.54) is 0 Å². The zero-order valence-electron chi connectivity index (χ0n) is 13.7. The molecule has 1 aromatic carbocycles. The standard InChI is InChI=1S/C19H18N4O/c1-19(2)8-14-16(15(24)9-19)17(12-6-4-3-5-7-12)23-18(22-14)13(10-20)11-21-23/h3-7,11,17,22H,8-9H2,1-2H3/t17-/m0/s1. The molecule has 0 spiro atoms. The van der Waals surface area contributed by atoms with Crippen molar-refractivity contribution in [1.29, 1.82) is 5.26 Å². The second-order valence-corrected chi connectivity index (χ2v) is 7.23. The van der Waals surface area contributed by atoms with Crippen molar-refractivity contribution in [3.8, 4) is 6.07 Å². The molecule has 0 radical (unpaired) electrons. The van der Waals surface area contributed by atoms with Gasteiger partial charge < -0.3 is 5.32 Å². The van der Waals surface area contributed by atoms with Crippen LogP contribution >= 0.6 is 0 Å². The number of hydrogen-bond donors (Lipinski definition) is 1. The van der Waals surface area contributed by atoms with Gasteiger partial charge >= 0.3 is 0 Å². The number of nitrogens with zero attached hydrogens (tertiary/aromatic N) is 3. The lowest BCUT2D eigenvalue weighted by molar-refractivity contribution is -0.118. The van der Waals surface area contributed by atoms with Gasteiger partial charge in [-0.15, -0.1) is 0 Å². The predicted molar refractivity (Wildman–Crippen MR) is 90.2 cm³/mol. The minimum Gasteiger partial charge on any atom is -0.342 e. The first-order valence-electron chi connectivity index (χ1n) is 8.06. The highest BCUT2D eigenvalue weighted by atomic mass is 16.1. The molecule has 0 bridgehead atoms. The number of carbonyl (C=O) groups excluding carboxylic acids is 1. The van der Waals surface area contributed by atoms with E-state index in [4.69, 9.17) is 0 Å². The largest absolute Gasteiger partial charge is 0.342 e. The number of hydrogen-bond acceptors (Lipinski definition) is 4. The lowest BCUT2D eigenvalue weighted by atomic mass is 9.73. The van der Waals surface area contributed by atoms with Crippen LogP contribution in [0.3, 0.4) is 0 Å². The first kappa shape index (κ1) is 14.7. The highest BCUT2D eigenvalue weighted by Crippen LogP contribution is 2.46. The average Bonchev–Trinajstić information content (AvgIpc) is 2.95. The highest BCUT2D eigenvalue weighted by Gasteiger charge is 2.41. The number of Topliss-reactive ketones (excluding diaryl/α,β-unsaturated/α-hetero) is 1. The molecule has 0 fully saturated rings. The minimum absolute atomic E-state index is 0.0842. The summed E-state index contributed by atoms with van der Waals surface area (Å²) in [6.07, 6.45) is 2.87. The van der Waals surface area contributed by atoms with Crippen molar-refractivity contribution in [3.05, 3.63) is 58.9 Å². The summed E-state index contributed by atoms with van der Waals surface area (Å²) in [4.78, 5) is 12.9. The summed E-state index contributed by atoms with van der Waals surface area (Å²) in [7, 11) is 0. The number of rotatable bonds is 1. The summed E-state index contributed by atoms with van der Waals surface area (Å²) < 4.78 is 1.77. The Kier molecular flexibility index (Phi) is 3.10. The Bertz CT molecular complexity index is 899. The molecule has 5 nitrogen and oxygen atoms in total. The number of fused-ring (bicyclic) bond motifs is 1. The Balaban J connectivity index is 1.95. The van der Waals surface area contributed by atoms with Crippen LogP contribution in [0.2, 0.25) is 0 Å². The summed E-state index contributed by atoms with van der Waals surface area (Å²) in [6, 6.07) is 11.8. The number of anilines is 1. The van der Waals surface area contributed by atoms with E-state index in [1.807, 2.05) is 30.3 Å². The van der Waals surface area contributed by atoms with E-state index in [2.05, 4.69) is 30.3 Å². The van der Waals surface area contributed by atoms with Crippen molar-refractivity contribution < 1.29 is 4.79 Å². The smallest absolute Gasteiger partial charge is 0.163 e. The first-order valence-corrected chi connectivity index (χ1v) is 8.06. The highest BCUT2D eigenvalue weighted by molar-refractivity contribution is 6.00. The van der Waals surface area contributed by atoms with E-state index >= 15 is 0 Å².